The van der Waals surface area contributed by atoms with E-state index in [1.165, 1.54) is 17.3 Å². The van der Waals surface area contributed by atoms with Crippen LogP contribution in [-0.4, -0.2) is 17.4 Å². The van der Waals surface area contributed by atoms with Crippen LogP contribution in [-0.2, 0) is 6.42 Å². The molecule has 0 fully saturated rings. The largest absolute Gasteiger partial charge is 0.382 e. The number of aryl methyl sites for hydroxylation is 2. The lowest BCUT2D eigenvalue weighted by atomic mass is 9.99. The van der Waals surface area contributed by atoms with Crippen molar-refractivity contribution in [2.45, 2.75) is 19.8 Å². The third-order valence-electron chi connectivity index (χ3n) is 3.72. The number of nitrogens with zero attached hydrogens (tertiary/aromatic N) is 2. The van der Waals surface area contributed by atoms with Crippen LogP contribution in [0.25, 0.3) is 0 Å². The molecule has 108 valence electrons. The summed E-state index contributed by atoms with van der Waals surface area (Å²) in [6.07, 6.45) is 3.44. The maximum absolute atomic E-state index is 12.7. The van der Waals surface area contributed by atoms with Crippen LogP contribution in [0.1, 0.15) is 27.9 Å². The van der Waals surface area contributed by atoms with Gasteiger partial charge >= 0.3 is 0 Å². The van der Waals surface area contributed by atoms with Gasteiger partial charge in [-0.15, -0.1) is 0 Å². The van der Waals surface area contributed by atoms with Crippen LogP contribution in [0.4, 0.5) is 11.5 Å². The van der Waals surface area contributed by atoms with Crippen molar-refractivity contribution < 1.29 is 4.79 Å². The zero-order chi connectivity index (χ0) is 15.0. The van der Waals surface area contributed by atoms with Crippen molar-refractivity contribution in [3.8, 4) is 0 Å². The van der Waals surface area contributed by atoms with E-state index in [9.17, 15) is 4.79 Å². The molecule has 0 radical (unpaired) electrons. The monoisotopic (exact) mass is 301 g/mol. The number of aromatic nitrogens is 1. The first-order valence-corrected chi connectivity index (χ1v) is 7.26. The fraction of sp³-hybridized carbons (Fsp3) is 0.250. The highest BCUT2D eigenvalue weighted by atomic mass is 35.5. The van der Waals surface area contributed by atoms with E-state index in [0.717, 1.165) is 18.5 Å². The minimum atomic E-state index is -0.0887. The van der Waals surface area contributed by atoms with Gasteiger partial charge < -0.3 is 10.6 Å². The number of hydrogen-bond donors (Lipinski definition) is 1. The second-order valence-electron chi connectivity index (χ2n) is 5.28. The molecule has 0 saturated heterocycles. The molecule has 5 heteroatoms. The number of benzene rings is 1. The molecule has 0 unspecified atom stereocenters. The Kier molecular flexibility index (Phi) is 3.55. The number of anilines is 2. The van der Waals surface area contributed by atoms with Crippen molar-refractivity contribution in [2.24, 2.45) is 0 Å². The van der Waals surface area contributed by atoms with Gasteiger partial charge in [-0.2, -0.15) is 0 Å². The normalized spacial score (nSPS) is 13.9. The number of carbonyl (C=O) groups excluding carboxylic acids is 1. The first-order chi connectivity index (χ1) is 10.1. The quantitative estimate of drug-likeness (QED) is 0.880. The molecule has 0 spiro atoms. The summed E-state index contributed by atoms with van der Waals surface area (Å²) in [6.45, 7) is 2.77. The van der Waals surface area contributed by atoms with Gasteiger partial charge in [0.15, 0.2) is 0 Å². The topological polar surface area (TPSA) is 59.2 Å². The summed E-state index contributed by atoms with van der Waals surface area (Å²) >= 11 is 5.96. The zero-order valence-electron chi connectivity index (χ0n) is 11.8. The van der Waals surface area contributed by atoms with Crippen molar-refractivity contribution in [1.29, 1.82) is 0 Å². The van der Waals surface area contributed by atoms with E-state index in [0.29, 0.717) is 17.1 Å². The van der Waals surface area contributed by atoms with E-state index in [2.05, 4.69) is 18.0 Å². The molecule has 2 N–H and O–H groups in total. The van der Waals surface area contributed by atoms with Crippen molar-refractivity contribution in [3.05, 3.63) is 52.2 Å². The Hall–Kier alpha value is -2.07. The molecular weight excluding hydrogens is 286 g/mol. The third kappa shape index (κ3) is 2.59. The molecule has 1 aromatic carbocycles. The molecule has 21 heavy (non-hydrogen) atoms. The van der Waals surface area contributed by atoms with E-state index in [4.69, 9.17) is 17.3 Å². The van der Waals surface area contributed by atoms with Crippen molar-refractivity contribution >= 4 is 29.0 Å². The lowest BCUT2D eigenvalue weighted by Gasteiger charge is -2.29. The highest BCUT2D eigenvalue weighted by Gasteiger charge is 2.24. The molecule has 0 aliphatic carbocycles. The van der Waals surface area contributed by atoms with Gasteiger partial charge in [0.2, 0.25) is 0 Å². The predicted molar refractivity (Wildman–Crippen MR) is 84.8 cm³/mol. The lowest BCUT2D eigenvalue weighted by Crippen LogP contribution is -2.35. The van der Waals surface area contributed by atoms with Crippen molar-refractivity contribution in [2.75, 3.05) is 17.2 Å². The molecular formula is C16H16ClN3O. The molecule has 1 aromatic heterocycles. The number of halogens is 1. The van der Waals surface area contributed by atoms with Crippen molar-refractivity contribution in [3.63, 3.8) is 0 Å². The average Bonchev–Trinajstić information content (AvgIpc) is 2.48. The molecule has 4 nitrogen and oxygen atoms in total. The van der Waals surface area contributed by atoms with Crippen LogP contribution in [0, 0.1) is 6.92 Å². The number of hydrogen-bond acceptors (Lipinski definition) is 3. The first-order valence-electron chi connectivity index (χ1n) is 6.88. The summed E-state index contributed by atoms with van der Waals surface area (Å²) in [7, 11) is 0. The number of amides is 1. The molecule has 0 bridgehead atoms. The molecule has 1 amide bonds. The highest BCUT2D eigenvalue weighted by Crippen LogP contribution is 2.29. The van der Waals surface area contributed by atoms with Crippen LogP contribution >= 0.6 is 11.6 Å². The standard InChI is InChI=1S/C16H16ClN3O/c1-10-4-5-14-11(7-10)3-2-6-20(14)16(21)12-8-13(17)15(18)19-9-12/h4-5,7-9H,2-3,6H2,1H3,(H2,18,19). The van der Waals surface area contributed by atoms with Crippen LogP contribution in [0.3, 0.4) is 0 Å². The molecule has 2 aromatic rings. The summed E-state index contributed by atoms with van der Waals surface area (Å²) < 4.78 is 0. The maximum Gasteiger partial charge on any atom is 0.259 e. The van der Waals surface area contributed by atoms with Gasteiger partial charge in [0.05, 0.1) is 10.6 Å². The number of pyridine rings is 1. The summed E-state index contributed by atoms with van der Waals surface area (Å²) in [4.78, 5) is 18.5. The van der Waals surface area contributed by atoms with Crippen LogP contribution in [0.2, 0.25) is 5.02 Å². The number of nitrogens with two attached hydrogens (primary N) is 1. The van der Waals surface area contributed by atoms with Crippen LogP contribution in [0.5, 0.6) is 0 Å². The second kappa shape index (κ2) is 5.37. The maximum atomic E-state index is 12.7. The van der Waals surface area contributed by atoms with Gasteiger partial charge in [0.1, 0.15) is 5.82 Å². The average molecular weight is 302 g/mol. The first kappa shape index (κ1) is 13.9. The van der Waals surface area contributed by atoms with E-state index in [-0.39, 0.29) is 11.7 Å². The number of nitrogen functional groups attached to an aromatic ring is 1. The van der Waals surface area contributed by atoms with E-state index in [1.54, 1.807) is 11.0 Å². The Morgan fingerprint density at radius 2 is 2.19 bits per heavy atom. The Balaban J connectivity index is 1.98. The van der Waals surface area contributed by atoms with Crippen LogP contribution < -0.4 is 10.6 Å². The Morgan fingerprint density at radius 3 is 2.95 bits per heavy atom. The Bertz CT molecular complexity index is 715. The van der Waals surface area contributed by atoms with Crippen molar-refractivity contribution in [1.82, 2.24) is 4.98 Å². The smallest absolute Gasteiger partial charge is 0.259 e. The SMILES string of the molecule is Cc1ccc2c(c1)CCCN2C(=O)c1cnc(N)c(Cl)c1. The molecule has 1 aliphatic heterocycles. The predicted octanol–water partition coefficient (Wildman–Crippen LogP) is 3.22. The van der Waals surface area contributed by atoms with E-state index >= 15 is 0 Å². The minimum Gasteiger partial charge on any atom is -0.382 e. The Labute approximate surface area is 128 Å². The summed E-state index contributed by atoms with van der Waals surface area (Å²) in [5, 5.41) is 0.307. The fourth-order valence-electron chi connectivity index (χ4n) is 2.66. The fourth-order valence-corrected chi connectivity index (χ4v) is 2.82. The molecule has 1 aliphatic rings. The van der Waals surface area contributed by atoms with Gasteiger partial charge in [-0.3, -0.25) is 4.79 Å². The number of rotatable bonds is 1. The minimum absolute atomic E-state index is 0.0887. The zero-order valence-corrected chi connectivity index (χ0v) is 12.5. The van der Waals surface area contributed by atoms with Gasteiger partial charge in [-0.05, 0) is 37.5 Å². The van der Waals surface area contributed by atoms with Gasteiger partial charge in [0.25, 0.3) is 5.91 Å². The molecule has 0 atom stereocenters. The van der Waals surface area contributed by atoms with Crippen LogP contribution in [0.15, 0.2) is 30.5 Å². The van der Waals surface area contributed by atoms with E-state index in [1.807, 2.05) is 12.1 Å². The van der Waals surface area contributed by atoms with Gasteiger partial charge in [-0.1, -0.05) is 29.3 Å². The van der Waals surface area contributed by atoms with Gasteiger partial charge in [0, 0.05) is 18.4 Å². The summed E-state index contributed by atoms with van der Waals surface area (Å²) in [5.74, 6) is 0.150. The molecule has 0 saturated carbocycles. The molecule has 3 rings (SSSR count). The number of carbonyl (C=O) groups is 1. The molecule has 2 heterocycles. The summed E-state index contributed by atoms with van der Waals surface area (Å²) in [5.41, 5.74) is 9.45. The van der Waals surface area contributed by atoms with Gasteiger partial charge in [-0.25, -0.2) is 4.98 Å². The summed E-state index contributed by atoms with van der Waals surface area (Å²) in [6, 6.07) is 7.75. The van der Waals surface area contributed by atoms with E-state index < -0.39 is 0 Å². The third-order valence-corrected chi connectivity index (χ3v) is 4.02. The Morgan fingerprint density at radius 1 is 1.38 bits per heavy atom. The highest BCUT2D eigenvalue weighted by molar-refractivity contribution is 6.33. The second-order valence-corrected chi connectivity index (χ2v) is 5.69. The number of fused-ring (bicyclic) bond motifs is 1. The lowest BCUT2D eigenvalue weighted by molar-refractivity contribution is 0.0985.